The van der Waals surface area contributed by atoms with Crippen molar-refractivity contribution < 1.29 is 36.3 Å². The molecule has 0 unspecified atom stereocenters. The molecule has 1 aromatic heterocycles. The second-order valence-electron chi connectivity index (χ2n) is 11.5. The van der Waals surface area contributed by atoms with Crippen molar-refractivity contribution in [1.29, 1.82) is 0 Å². The number of anilines is 1. The number of nitrogens with zero attached hydrogens (tertiary/aromatic N) is 2. The zero-order valence-electron chi connectivity index (χ0n) is 22.5. The summed E-state index contributed by atoms with van der Waals surface area (Å²) in [5.41, 5.74) is -2.53. The van der Waals surface area contributed by atoms with Crippen molar-refractivity contribution in [3.63, 3.8) is 0 Å². The topological polar surface area (TPSA) is 136 Å². The molecule has 10 nitrogen and oxygen atoms in total. The molecule has 214 valence electrons. The first-order valence-corrected chi connectivity index (χ1v) is 14.4. The number of amides is 2. The fourth-order valence-corrected chi connectivity index (χ4v) is 8.06. The summed E-state index contributed by atoms with van der Waals surface area (Å²) in [6.07, 6.45) is 1.17. The predicted octanol–water partition coefficient (Wildman–Crippen LogP) is 3.73. The lowest BCUT2D eigenvalue weighted by atomic mass is 9.85. The Hall–Kier alpha value is -3.45. The van der Waals surface area contributed by atoms with Crippen LogP contribution < -0.4 is 10.6 Å². The Labute approximate surface area is 230 Å². The van der Waals surface area contributed by atoms with Crippen LogP contribution in [0.15, 0.2) is 41.5 Å². The number of aliphatic imine (C=N–C) groups is 1. The highest BCUT2D eigenvalue weighted by atomic mass is 32.2. The molecule has 2 aliphatic heterocycles. The molecule has 1 saturated carbocycles. The number of halogens is 2. The van der Waals surface area contributed by atoms with Gasteiger partial charge in [-0.05, 0) is 76.8 Å². The van der Waals surface area contributed by atoms with Crippen LogP contribution in [0.1, 0.15) is 56.6 Å². The second kappa shape index (κ2) is 9.58. The fraction of sp³-hybridized carbons (Fsp3) is 0.481. The van der Waals surface area contributed by atoms with Gasteiger partial charge in [-0.2, -0.15) is 4.99 Å². The van der Waals surface area contributed by atoms with Crippen LogP contribution in [0.5, 0.6) is 0 Å². The van der Waals surface area contributed by atoms with E-state index in [0.29, 0.717) is 12.8 Å². The summed E-state index contributed by atoms with van der Waals surface area (Å²) in [6.45, 7) is 6.08. The van der Waals surface area contributed by atoms with Crippen molar-refractivity contribution in [2.75, 3.05) is 18.5 Å². The average Bonchev–Trinajstić information content (AvgIpc) is 3.62. The van der Waals surface area contributed by atoms with E-state index in [2.05, 4.69) is 20.6 Å². The Morgan fingerprint density at radius 1 is 1.20 bits per heavy atom. The molecular formula is C27H30F2N4O6S. The number of fused-ring (bicyclic) bond motifs is 1. The number of hydrogen-bond donors (Lipinski definition) is 2. The number of pyridine rings is 1. The van der Waals surface area contributed by atoms with Crippen LogP contribution in [0.3, 0.4) is 0 Å². The first-order chi connectivity index (χ1) is 18.7. The van der Waals surface area contributed by atoms with Crippen molar-refractivity contribution in [2.45, 2.75) is 61.7 Å². The third-order valence-electron chi connectivity index (χ3n) is 7.54. The Morgan fingerprint density at radius 2 is 1.93 bits per heavy atom. The molecule has 3 atom stereocenters. The molecule has 2 N–H and O–H groups in total. The molecule has 0 bridgehead atoms. The van der Waals surface area contributed by atoms with Gasteiger partial charge < -0.3 is 20.1 Å². The lowest BCUT2D eigenvalue weighted by Gasteiger charge is -2.48. The van der Waals surface area contributed by atoms with Gasteiger partial charge in [0.25, 0.3) is 5.91 Å². The first kappa shape index (κ1) is 28.1. The number of benzene rings is 1. The van der Waals surface area contributed by atoms with Gasteiger partial charge in [0.1, 0.15) is 44.3 Å². The lowest BCUT2D eigenvalue weighted by Crippen LogP contribution is -2.71. The number of carbonyl (C=O) groups is 2. The van der Waals surface area contributed by atoms with E-state index in [1.165, 1.54) is 25.1 Å². The number of hydrogen-bond acceptors (Lipinski definition) is 7. The van der Waals surface area contributed by atoms with E-state index < -0.39 is 54.6 Å². The summed E-state index contributed by atoms with van der Waals surface area (Å²) < 4.78 is 66.7. The minimum Gasteiger partial charge on any atom is -0.442 e. The number of sulfone groups is 1. The molecule has 0 spiro atoms. The van der Waals surface area contributed by atoms with Gasteiger partial charge in [-0.15, -0.1) is 0 Å². The summed E-state index contributed by atoms with van der Waals surface area (Å²) in [6, 6.07) is 5.99. The molecule has 2 saturated heterocycles. The third kappa shape index (κ3) is 4.74. The summed E-state index contributed by atoms with van der Waals surface area (Å²) in [5, 5.41) is 4.50. The highest BCUT2D eigenvalue weighted by molar-refractivity contribution is 7.94. The summed E-state index contributed by atoms with van der Waals surface area (Å²) in [7, 11) is -4.11. The molecule has 5 rings (SSSR count). The molecule has 2 amide bonds. The smallest absolute Gasteiger partial charge is 0.435 e. The average molecular weight is 577 g/mol. The minimum absolute atomic E-state index is 0.0714. The first-order valence-electron chi connectivity index (χ1n) is 12.8. The highest BCUT2D eigenvalue weighted by Crippen LogP contribution is 2.53. The number of amidine groups is 1. The number of ether oxygens (including phenoxy) is 2. The van der Waals surface area contributed by atoms with Gasteiger partial charge in [0.05, 0.1) is 19.4 Å². The normalized spacial score (nSPS) is 28.4. The Morgan fingerprint density at radius 3 is 2.55 bits per heavy atom. The molecule has 13 heteroatoms. The van der Waals surface area contributed by atoms with Crippen LogP contribution in [-0.2, 0) is 24.8 Å². The standard InChI is InChI=1S/C27H30F2N4O6S/c1-25(2,3)39-24(35)32-23-26(4,15-5-6-15)40(36,37)21-13-38-14-27(21,33-23)18-11-17(8-9-19(18)29)31-22(34)20-10-7-16(28)12-30-20/h7-12,15,21H,5-6,13-14H2,1-4H3,(H,31,34)(H,32,33,35)/t21-,26-,27-/m1/s1. The highest BCUT2D eigenvalue weighted by Gasteiger charge is 2.68. The number of carbonyl (C=O) groups excluding carboxylic acids is 2. The molecule has 3 heterocycles. The van der Waals surface area contributed by atoms with Crippen LogP contribution >= 0.6 is 0 Å². The molecule has 3 aliphatic rings. The van der Waals surface area contributed by atoms with E-state index in [0.717, 1.165) is 18.3 Å². The van der Waals surface area contributed by atoms with E-state index in [-0.39, 0.29) is 41.9 Å². The maximum absolute atomic E-state index is 15.5. The Bertz CT molecular complexity index is 1500. The Kier molecular flexibility index (Phi) is 6.73. The van der Waals surface area contributed by atoms with Crippen molar-refractivity contribution >= 4 is 33.4 Å². The van der Waals surface area contributed by atoms with Crippen molar-refractivity contribution in [2.24, 2.45) is 10.9 Å². The zero-order valence-corrected chi connectivity index (χ0v) is 23.3. The van der Waals surface area contributed by atoms with Crippen molar-refractivity contribution in [1.82, 2.24) is 10.3 Å². The van der Waals surface area contributed by atoms with Crippen LogP contribution in [0.4, 0.5) is 19.3 Å². The van der Waals surface area contributed by atoms with Crippen LogP contribution in [0, 0.1) is 17.6 Å². The van der Waals surface area contributed by atoms with Gasteiger partial charge in [-0.25, -0.2) is 27.0 Å². The van der Waals surface area contributed by atoms with Gasteiger partial charge in [-0.1, -0.05) is 0 Å². The summed E-state index contributed by atoms with van der Waals surface area (Å²) in [4.78, 5) is 33.3. The molecule has 3 fully saturated rings. The van der Waals surface area contributed by atoms with E-state index >= 15 is 4.39 Å². The largest absolute Gasteiger partial charge is 0.442 e. The van der Waals surface area contributed by atoms with E-state index in [1.54, 1.807) is 20.8 Å². The van der Waals surface area contributed by atoms with Gasteiger partial charge in [-0.3, -0.25) is 4.79 Å². The van der Waals surface area contributed by atoms with Gasteiger partial charge >= 0.3 is 6.09 Å². The summed E-state index contributed by atoms with van der Waals surface area (Å²) >= 11 is 0. The third-order valence-corrected chi connectivity index (χ3v) is 10.5. The van der Waals surface area contributed by atoms with Crippen molar-refractivity contribution in [3.8, 4) is 0 Å². The molecular weight excluding hydrogens is 546 g/mol. The van der Waals surface area contributed by atoms with Crippen LogP contribution in [-0.4, -0.2) is 60.0 Å². The number of nitrogens with one attached hydrogen (secondary N) is 2. The predicted molar refractivity (Wildman–Crippen MR) is 142 cm³/mol. The Balaban J connectivity index is 1.58. The van der Waals surface area contributed by atoms with Gasteiger partial charge in [0.15, 0.2) is 9.84 Å². The van der Waals surface area contributed by atoms with Crippen LogP contribution in [0.25, 0.3) is 0 Å². The maximum atomic E-state index is 15.5. The maximum Gasteiger partial charge on any atom is 0.435 e. The monoisotopic (exact) mass is 576 g/mol. The zero-order chi connectivity index (χ0) is 29.1. The van der Waals surface area contributed by atoms with E-state index in [4.69, 9.17) is 9.47 Å². The number of aromatic nitrogens is 1. The quantitative estimate of drug-likeness (QED) is 0.562. The van der Waals surface area contributed by atoms with Crippen LogP contribution in [0.2, 0.25) is 0 Å². The summed E-state index contributed by atoms with van der Waals surface area (Å²) in [5.74, 6) is -2.45. The SMILES string of the molecule is CC(C)(C)OC(=O)/N=C1/N[C@@]2(c3cc(NC(=O)c4ccc(F)cn4)ccc3F)COC[C@H]2S(=O)(=O)[C@]1(C)C1CC1. The van der Waals surface area contributed by atoms with Gasteiger partial charge in [0.2, 0.25) is 0 Å². The van der Waals surface area contributed by atoms with E-state index in [1.807, 2.05) is 0 Å². The molecule has 0 radical (unpaired) electrons. The molecule has 2 aromatic rings. The number of rotatable bonds is 4. The molecule has 1 aliphatic carbocycles. The fourth-order valence-electron chi connectivity index (χ4n) is 5.34. The second-order valence-corrected chi connectivity index (χ2v) is 14.0. The van der Waals surface area contributed by atoms with E-state index in [9.17, 15) is 22.4 Å². The molecule has 1 aromatic carbocycles. The minimum atomic E-state index is -4.11. The van der Waals surface area contributed by atoms with Gasteiger partial charge in [0, 0.05) is 11.3 Å². The van der Waals surface area contributed by atoms with Crippen molar-refractivity contribution in [3.05, 3.63) is 59.4 Å². The molecule has 40 heavy (non-hydrogen) atoms. The lowest BCUT2D eigenvalue weighted by molar-refractivity contribution is 0.0601.